The first-order chi connectivity index (χ1) is 14.4. The summed E-state index contributed by atoms with van der Waals surface area (Å²) in [6.45, 7) is 5.87. The molecule has 0 fully saturated rings. The standard InChI is InChI=1S/C24H21ClN2O3/c1-14-10-19(25)8-9-22(14)26-24(28)20-11-17-6-4-5-7-18(17)12-23(20)29-13-21-15(2)27-30-16(21)3/h4-12H,13H2,1-3H3,(H,26,28). The number of aromatic nitrogens is 1. The van der Waals surface area contributed by atoms with Crippen molar-refractivity contribution in [3.63, 3.8) is 0 Å². The summed E-state index contributed by atoms with van der Waals surface area (Å²) < 4.78 is 11.3. The molecule has 0 radical (unpaired) electrons. The Morgan fingerprint density at radius 3 is 2.47 bits per heavy atom. The molecule has 0 bridgehead atoms. The fraction of sp³-hybridized carbons (Fsp3) is 0.167. The first-order valence-corrected chi connectivity index (χ1v) is 9.95. The van der Waals surface area contributed by atoms with Crippen LogP contribution in [0.15, 0.2) is 59.1 Å². The van der Waals surface area contributed by atoms with Gasteiger partial charge in [0.15, 0.2) is 0 Å². The van der Waals surface area contributed by atoms with E-state index in [4.69, 9.17) is 20.9 Å². The summed E-state index contributed by atoms with van der Waals surface area (Å²) in [7, 11) is 0. The summed E-state index contributed by atoms with van der Waals surface area (Å²) in [4.78, 5) is 13.2. The average Bonchev–Trinajstić information content (AvgIpc) is 3.05. The van der Waals surface area contributed by atoms with Crippen LogP contribution < -0.4 is 10.1 Å². The van der Waals surface area contributed by atoms with Crippen LogP contribution in [0.1, 0.15) is 32.9 Å². The number of fused-ring (bicyclic) bond motifs is 1. The van der Waals surface area contributed by atoms with E-state index in [9.17, 15) is 4.79 Å². The predicted molar refractivity (Wildman–Crippen MR) is 118 cm³/mol. The van der Waals surface area contributed by atoms with Crippen LogP contribution in [0.4, 0.5) is 5.69 Å². The zero-order valence-corrected chi connectivity index (χ0v) is 17.7. The van der Waals surface area contributed by atoms with Gasteiger partial charge in [-0.2, -0.15) is 0 Å². The minimum Gasteiger partial charge on any atom is -0.488 e. The number of ether oxygens (including phenoxy) is 1. The number of benzene rings is 3. The van der Waals surface area contributed by atoms with Gasteiger partial charge in [-0.05, 0) is 67.4 Å². The normalized spacial score (nSPS) is 10.9. The molecule has 0 aliphatic carbocycles. The van der Waals surface area contributed by atoms with Crippen molar-refractivity contribution in [2.24, 2.45) is 0 Å². The molecule has 0 saturated carbocycles. The average molecular weight is 421 g/mol. The van der Waals surface area contributed by atoms with Gasteiger partial charge in [0.1, 0.15) is 18.1 Å². The zero-order valence-electron chi connectivity index (χ0n) is 17.0. The molecule has 1 aromatic heterocycles. The van der Waals surface area contributed by atoms with Gasteiger partial charge in [0.25, 0.3) is 5.91 Å². The minimum absolute atomic E-state index is 0.250. The lowest BCUT2D eigenvalue weighted by Crippen LogP contribution is -2.14. The van der Waals surface area contributed by atoms with E-state index in [1.807, 2.05) is 63.2 Å². The number of aryl methyl sites for hydroxylation is 3. The molecule has 30 heavy (non-hydrogen) atoms. The van der Waals surface area contributed by atoms with Gasteiger partial charge in [0.05, 0.1) is 16.8 Å². The Hall–Kier alpha value is -3.31. The number of anilines is 1. The highest BCUT2D eigenvalue weighted by molar-refractivity contribution is 6.30. The number of hydrogen-bond donors (Lipinski definition) is 1. The van der Waals surface area contributed by atoms with Crippen molar-refractivity contribution in [2.45, 2.75) is 27.4 Å². The van der Waals surface area contributed by atoms with Crippen LogP contribution in [-0.4, -0.2) is 11.1 Å². The molecule has 0 aliphatic rings. The number of carbonyl (C=O) groups excluding carboxylic acids is 1. The number of carbonyl (C=O) groups is 1. The van der Waals surface area contributed by atoms with Crippen molar-refractivity contribution in [1.82, 2.24) is 5.16 Å². The van der Waals surface area contributed by atoms with Crippen molar-refractivity contribution in [2.75, 3.05) is 5.32 Å². The van der Waals surface area contributed by atoms with E-state index < -0.39 is 0 Å². The van der Waals surface area contributed by atoms with Crippen molar-refractivity contribution in [3.8, 4) is 5.75 Å². The predicted octanol–water partition coefficient (Wildman–Crippen LogP) is 6.24. The number of nitrogens with zero attached hydrogens (tertiary/aromatic N) is 1. The highest BCUT2D eigenvalue weighted by Crippen LogP contribution is 2.29. The third-order valence-corrected chi connectivity index (χ3v) is 5.32. The molecule has 4 aromatic rings. The van der Waals surface area contributed by atoms with E-state index in [1.165, 1.54) is 0 Å². The molecule has 4 rings (SSSR count). The number of halogens is 1. The summed E-state index contributed by atoms with van der Waals surface area (Å²) in [5.41, 5.74) is 3.69. The summed E-state index contributed by atoms with van der Waals surface area (Å²) in [6.07, 6.45) is 0. The van der Waals surface area contributed by atoms with Crippen molar-refractivity contribution in [3.05, 3.63) is 87.8 Å². The summed E-state index contributed by atoms with van der Waals surface area (Å²) in [6, 6.07) is 16.9. The summed E-state index contributed by atoms with van der Waals surface area (Å²) >= 11 is 6.03. The zero-order chi connectivity index (χ0) is 21.3. The molecule has 1 N–H and O–H groups in total. The molecular weight excluding hydrogens is 400 g/mol. The van der Waals surface area contributed by atoms with Crippen molar-refractivity contribution in [1.29, 1.82) is 0 Å². The first kappa shape index (κ1) is 20.0. The lowest BCUT2D eigenvalue weighted by molar-refractivity contribution is 0.102. The highest BCUT2D eigenvalue weighted by atomic mass is 35.5. The molecule has 5 nitrogen and oxygen atoms in total. The lowest BCUT2D eigenvalue weighted by atomic mass is 10.0. The molecule has 0 saturated heterocycles. The van der Waals surface area contributed by atoms with Gasteiger partial charge in [-0.25, -0.2) is 0 Å². The maximum atomic E-state index is 13.2. The third kappa shape index (κ3) is 4.02. The molecule has 1 heterocycles. The summed E-state index contributed by atoms with van der Waals surface area (Å²) in [5, 5.41) is 9.50. The maximum Gasteiger partial charge on any atom is 0.259 e. The number of amides is 1. The third-order valence-electron chi connectivity index (χ3n) is 5.08. The Bertz CT molecular complexity index is 1230. The first-order valence-electron chi connectivity index (χ1n) is 9.57. The van der Waals surface area contributed by atoms with E-state index in [0.717, 1.165) is 27.6 Å². The topological polar surface area (TPSA) is 64.4 Å². The maximum absolute atomic E-state index is 13.2. The largest absolute Gasteiger partial charge is 0.488 e. The second kappa shape index (κ2) is 8.20. The van der Waals surface area contributed by atoms with Crippen LogP contribution >= 0.6 is 11.6 Å². The molecule has 1 amide bonds. The van der Waals surface area contributed by atoms with E-state index in [1.54, 1.807) is 12.1 Å². The van der Waals surface area contributed by atoms with Gasteiger partial charge < -0.3 is 14.6 Å². The van der Waals surface area contributed by atoms with Crippen LogP contribution in [0, 0.1) is 20.8 Å². The second-order valence-corrected chi connectivity index (χ2v) is 7.64. The molecule has 0 spiro atoms. The van der Waals surface area contributed by atoms with Gasteiger partial charge in [-0.15, -0.1) is 0 Å². The monoisotopic (exact) mass is 420 g/mol. The van der Waals surface area contributed by atoms with Crippen LogP contribution in [-0.2, 0) is 6.61 Å². The Kier molecular flexibility index (Phi) is 5.46. The minimum atomic E-state index is -0.250. The number of rotatable bonds is 5. The second-order valence-electron chi connectivity index (χ2n) is 7.20. The van der Waals surface area contributed by atoms with Crippen LogP contribution in [0.5, 0.6) is 5.75 Å². The van der Waals surface area contributed by atoms with E-state index in [0.29, 0.717) is 27.8 Å². The van der Waals surface area contributed by atoms with Crippen molar-refractivity contribution < 1.29 is 14.1 Å². The lowest BCUT2D eigenvalue weighted by Gasteiger charge is -2.14. The molecule has 6 heteroatoms. The van der Waals surface area contributed by atoms with Gasteiger partial charge in [-0.1, -0.05) is 41.0 Å². The number of hydrogen-bond acceptors (Lipinski definition) is 4. The Labute approximate surface area is 179 Å². The fourth-order valence-electron chi connectivity index (χ4n) is 3.33. The Morgan fingerprint density at radius 1 is 1.07 bits per heavy atom. The van der Waals surface area contributed by atoms with E-state index in [2.05, 4.69) is 10.5 Å². The van der Waals surface area contributed by atoms with Gasteiger partial charge >= 0.3 is 0 Å². The summed E-state index contributed by atoms with van der Waals surface area (Å²) in [5.74, 6) is 0.953. The van der Waals surface area contributed by atoms with Crippen LogP contribution in [0.3, 0.4) is 0 Å². The van der Waals surface area contributed by atoms with Gasteiger partial charge in [-0.3, -0.25) is 4.79 Å². The van der Waals surface area contributed by atoms with E-state index >= 15 is 0 Å². The Balaban J connectivity index is 1.69. The van der Waals surface area contributed by atoms with E-state index in [-0.39, 0.29) is 12.5 Å². The van der Waals surface area contributed by atoms with Gasteiger partial charge in [0.2, 0.25) is 0 Å². The Morgan fingerprint density at radius 2 is 1.80 bits per heavy atom. The smallest absolute Gasteiger partial charge is 0.259 e. The molecule has 0 unspecified atom stereocenters. The fourth-order valence-corrected chi connectivity index (χ4v) is 3.56. The van der Waals surface area contributed by atoms with Crippen molar-refractivity contribution >= 4 is 34.0 Å². The highest BCUT2D eigenvalue weighted by Gasteiger charge is 2.17. The quantitative estimate of drug-likeness (QED) is 0.415. The molecule has 152 valence electrons. The molecular formula is C24H21ClN2O3. The van der Waals surface area contributed by atoms with Crippen LogP contribution in [0.25, 0.3) is 10.8 Å². The molecule has 0 aliphatic heterocycles. The SMILES string of the molecule is Cc1cc(Cl)ccc1NC(=O)c1cc2ccccc2cc1OCc1c(C)noc1C. The van der Waals surface area contributed by atoms with Crippen LogP contribution in [0.2, 0.25) is 5.02 Å². The molecule has 0 atom stereocenters. The molecule has 3 aromatic carbocycles. The number of nitrogens with one attached hydrogen (secondary N) is 1. The van der Waals surface area contributed by atoms with Gasteiger partial charge in [0, 0.05) is 10.7 Å².